The SMILES string of the molecule is Cn1ncc(CNC(=O)c2cc(F)c(F)c(F)c2)c1N. The quantitative estimate of drug-likeness (QED) is 0.836. The fraction of sp³-hybridized carbons (Fsp3) is 0.167. The summed E-state index contributed by atoms with van der Waals surface area (Å²) in [6.07, 6.45) is 1.46. The number of aromatic nitrogens is 2. The van der Waals surface area contributed by atoms with E-state index in [9.17, 15) is 18.0 Å². The van der Waals surface area contributed by atoms with E-state index in [1.54, 1.807) is 7.05 Å². The Morgan fingerprint density at radius 1 is 1.35 bits per heavy atom. The Hall–Kier alpha value is -2.51. The van der Waals surface area contributed by atoms with Crippen LogP contribution in [0.25, 0.3) is 0 Å². The molecule has 0 saturated heterocycles. The number of halogens is 3. The van der Waals surface area contributed by atoms with Gasteiger partial charge in [-0.15, -0.1) is 0 Å². The Morgan fingerprint density at radius 3 is 2.45 bits per heavy atom. The fourth-order valence-corrected chi connectivity index (χ4v) is 1.59. The summed E-state index contributed by atoms with van der Waals surface area (Å²) in [6.45, 7) is 0.0408. The number of amides is 1. The Labute approximate surface area is 112 Å². The highest BCUT2D eigenvalue weighted by atomic mass is 19.2. The van der Waals surface area contributed by atoms with E-state index in [1.807, 2.05) is 0 Å². The summed E-state index contributed by atoms with van der Waals surface area (Å²) in [5, 5.41) is 6.29. The van der Waals surface area contributed by atoms with Gasteiger partial charge in [0.15, 0.2) is 17.5 Å². The van der Waals surface area contributed by atoms with Crippen LogP contribution in [0.3, 0.4) is 0 Å². The van der Waals surface area contributed by atoms with Gasteiger partial charge >= 0.3 is 0 Å². The minimum absolute atomic E-state index is 0.0408. The van der Waals surface area contributed by atoms with Gasteiger partial charge in [-0.3, -0.25) is 9.48 Å². The maximum atomic E-state index is 13.0. The van der Waals surface area contributed by atoms with Crippen molar-refractivity contribution < 1.29 is 18.0 Å². The molecule has 2 aromatic rings. The Balaban J connectivity index is 2.11. The molecule has 1 heterocycles. The summed E-state index contributed by atoms with van der Waals surface area (Å²) in [5.41, 5.74) is 5.92. The molecule has 0 bridgehead atoms. The summed E-state index contributed by atoms with van der Waals surface area (Å²) >= 11 is 0. The second-order valence-electron chi connectivity index (χ2n) is 4.12. The molecule has 1 aromatic carbocycles. The zero-order valence-electron chi connectivity index (χ0n) is 10.5. The molecule has 1 aromatic heterocycles. The number of carbonyl (C=O) groups excluding carboxylic acids is 1. The van der Waals surface area contributed by atoms with E-state index in [2.05, 4.69) is 10.4 Å². The third-order valence-corrected chi connectivity index (χ3v) is 2.75. The zero-order chi connectivity index (χ0) is 14.9. The van der Waals surface area contributed by atoms with Gasteiger partial charge in [-0.05, 0) is 12.1 Å². The average molecular weight is 284 g/mol. The van der Waals surface area contributed by atoms with Gasteiger partial charge in [0, 0.05) is 24.7 Å². The molecule has 0 aliphatic heterocycles. The van der Waals surface area contributed by atoms with E-state index in [0.717, 1.165) is 0 Å². The summed E-state index contributed by atoms with van der Waals surface area (Å²) in [4.78, 5) is 11.7. The van der Waals surface area contributed by atoms with Gasteiger partial charge in [0.25, 0.3) is 5.91 Å². The first kappa shape index (κ1) is 13.9. The molecule has 5 nitrogen and oxygen atoms in total. The molecule has 106 valence electrons. The van der Waals surface area contributed by atoms with Gasteiger partial charge in [0.05, 0.1) is 6.20 Å². The molecule has 0 saturated carbocycles. The molecule has 8 heteroatoms. The summed E-state index contributed by atoms with van der Waals surface area (Å²) in [6, 6.07) is 1.25. The maximum absolute atomic E-state index is 13.0. The number of benzene rings is 1. The molecule has 0 aliphatic rings. The number of rotatable bonds is 3. The highest BCUT2D eigenvalue weighted by Gasteiger charge is 2.15. The summed E-state index contributed by atoms with van der Waals surface area (Å²) in [5.74, 6) is -4.84. The normalized spacial score (nSPS) is 10.6. The van der Waals surface area contributed by atoms with E-state index in [-0.39, 0.29) is 12.1 Å². The molecule has 0 aliphatic carbocycles. The number of nitrogens with zero attached hydrogens (tertiary/aromatic N) is 2. The number of nitrogens with two attached hydrogens (primary N) is 1. The number of anilines is 1. The smallest absolute Gasteiger partial charge is 0.251 e. The highest BCUT2D eigenvalue weighted by molar-refractivity contribution is 5.94. The fourth-order valence-electron chi connectivity index (χ4n) is 1.59. The van der Waals surface area contributed by atoms with Crippen molar-refractivity contribution in [1.82, 2.24) is 15.1 Å². The van der Waals surface area contributed by atoms with Crippen LogP contribution in [-0.4, -0.2) is 15.7 Å². The topological polar surface area (TPSA) is 72.9 Å². The van der Waals surface area contributed by atoms with Crippen molar-refractivity contribution in [2.24, 2.45) is 7.05 Å². The average Bonchev–Trinajstić information content (AvgIpc) is 2.73. The maximum Gasteiger partial charge on any atom is 0.251 e. The lowest BCUT2D eigenvalue weighted by atomic mass is 10.2. The van der Waals surface area contributed by atoms with Crippen LogP contribution in [0.5, 0.6) is 0 Å². The van der Waals surface area contributed by atoms with Gasteiger partial charge in [-0.1, -0.05) is 0 Å². The second-order valence-corrected chi connectivity index (χ2v) is 4.12. The Kier molecular flexibility index (Phi) is 3.64. The molecule has 0 unspecified atom stereocenters. The minimum atomic E-state index is -1.61. The van der Waals surface area contributed by atoms with Crippen LogP contribution >= 0.6 is 0 Å². The first-order valence-corrected chi connectivity index (χ1v) is 5.59. The lowest BCUT2D eigenvalue weighted by molar-refractivity contribution is 0.0950. The van der Waals surface area contributed by atoms with Crippen LogP contribution in [0.4, 0.5) is 19.0 Å². The monoisotopic (exact) mass is 284 g/mol. The molecular weight excluding hydrogens is 273 g/mol. The number of hydrogen-bond acceptors (Lipinski definition) is 3. The van der Waals surface area contributed by atoms with Gasteiger partial charge in [0.1, 0.15) is 5.82 Å². The van der Waals surface area contributed by atoms with Crippen molar-refractivity contribution in [2.75, 3.05) is 5.73 Å². The molecule has 2 rings (SSSR count). The predicted molar refractivity (Wildman–Crippen MR) is 65.1 cm³/mol. The van der Waals surface area contributed by atoms with Crippen molar-refractivity contribution >= 4 is 11.7 Å². The largest absolute Gasteiger partial charge is 0.384 e. The van der Waals surface area contributed by atoms with Gasteiger partial charge in [-0.25, -0.2) is 13.2 Å². The van der Waals surface area contributed by atoms with Crippen molar-refractivity contribution in [3.63, 3.8) is 0 Å². The molecular formula is C12H11F3N4O. The number of hydrogen-bond donors (Lipinski definition) is 2. The van der Waals surface area contributed by atoms with Crippen LogP contribution in [0.15, 0.2) is 18.3 Å². The van der Waals surface area contributed by atoms with E-state index in [1.165, 1.54) is 10.9 Å². The number of nitrogen functional groups attached to an aromatic ring is 1. The predicted octanol–water partition coefficient (Wildman–Crippen LogP) is 1.35. The minimum Gasteiger partial charge on any atom is -0.384 e. The molecule has 0 radical (unpaired) electrons. The standard InChI is InChI=1S/C12H11F3N4O/c1-19-11(16)7(5-18-19)4-17-12(20)6-2-8(13)10(15)9(14)3-6/h2-3,5H,4,16H2,1H3,(H,17,20). The van der Waals surface area contributed by atoms with Crippen LogP contribution in [0.1, 0.15) is 15.9 Å². The molecule has 0 spiro atoms. The number of carbonyl (C=O) groups is 1. The molecule has 0 atom stereocenters. The number of aryl methyl sites for hydroxylation is 1. The highest BCUT2D eigenvalue weighted by Crippen LogP contribution is 2.14. The van der Waals surface area contributed by atoms with Gasteiger partial charge < -0.3 is 11.1 Å². The van der Waals surface area contributed by atoms with E-state index in [0.29, 0.717) is 23.5 Å². The number of nitrogens with one attached hydrogen (secondary N) is 1. The Morgan fingerprint density at radius 2 is 1.95 bits per heavy atom. The zero-order valence-corrected chi connectivity index (χ0v) is 10.5. The Bertz CT molecular complexity index is 646. The van der Waals surface area contributed by atoms with Crippen LogP contribution in [0.2, 0.25) is 0 Å². The van der Waals surface area contributed by atoms with Crippen molar-refractivity contribution in [3.05, 3.63) is 46.9 Å². The lowest BCUT2D eigenvalue weighted by Gasteiger charge is -2.06. The van der Waals surface area contributed by atoms with Crippen LogP contribution < -0.4 is 11.1 Å². The van der Waals surface area contributed by atoms with E-state index >= 15 is 0 Å². The third kappa shape index (κ3) is 2.58. The van der Waals surface area contributed by atoms with E-state index in [4.69, 9.17) is 5.73 Å². The third-order valence-electron chi connectivity index (χ3n) is 2.75. The van der Waals surface area contributed by atoms with Gasteiger partial charge in [-0.2, -0.15) is 5.10 Å². The molecule has 1 amide bonds. The van der Waals surface area contributed by atoms with Gasteiger partial charge in [0.2, 0.25) is 0 Å². The molecule has 20 heavy (non-hydrogen) atoms. The van der Waals surface area contributed by atoms with E-state index < -0.39 is 23.4 Å². The first-order valence-electron chi connectivity index (χ1n) is 5.59. The van der Waals surface area contributed by atoms with Crippen LogP contribution in [-0.2, 0) is 13.6 Å². The lowest BCUT2D eigenvalue weighted by Crippen LogP contribution is -2.23. The molecule has 3 N–H and O–H groups in total. The second kappa shape index (κ2) is 5.24. The van der Waals surface area contributed by atoms with Crippen LogP contribution in [0, 0.1) is 17.5 Å². The summed E-state index contributed by atoms with van der Waals surface area (Å²) in [7, 11) is 1.63. The van der Waals surface area contributed by atoms with Crippen molar-refractivity contribution in [3.8, 4) is 0 Å². The van der Waals surface area contributed by atoms with Crippen molar-refractivity contribution in [2.45, 2.75) is 6.54 Å². The molecule has 0 fully saturated rings. The first-order chi connectivity index (χ1) is 9.40. The van der Waals surface area contributed by atoms with Crippen molar-refractivity contribution in [1.29, 1.82) is 0 Å². The summed E-state index contributed by atoms with van der Waals surface area (Å²) < 4.78 is 40.2.